The summed E-state index contributed by atoms with van der Waals surface area (Å²) in [6.07, 6.45) is 8.24. The largest absolute Gasteiger partial charge is 0.377 e. The van der Waals surface area contributed by atoms with Crippen LogP contribution in [0.2, 0.25) is 0 Å². The van der Waals surface area contributed by atoms with Crippen molar-refractivity contribution in [2.75, 3.05) is 19.8 Å². The highest BCUT2D eigenvalue weighted by Crippen LogP contribution is 2.17. The minimum absolute atomic E-state index is 0.140. The van der Waals surface area contributed by atoms with E-state index in [2.05, 4.69) is 21.4 Å². The zero-order valence-corrected chi connectivity index (χ0v) is 13.9. The number of aromatic nitrogens is 2. The Hall–Kier alpha value is -1.79. The van der Waals surface area contributed by atoms with E-state index in [4.69, 9.17) is 4.74 Å². The van der Waals surface area contributed by atoms with E-state index in [0.29, 0.717) is 26.2 Å². The maximum atomic E-state index is 12.6. The lowest BCUT2D eigenvalue weighted by Crippen LogP contribution is -2.49. The molecule has 0 N–H and O–H groups in total. The summed E-state index contributed by atoms with van der Waals surface area (Å²) < 4.78 is 5.57. The van der Waals surface area contributed by atoms with Crippen molar-refractivity contribution in [1.29, 1.82) is 0 Å². The van der Waals surface area contributed by atoms with Crippen molar-refractivity contribution in [3.05, 3.63) is 46.7 Å². The zero-order valence-electron chi connectivity index (χ0n) is 13.1. The van der Waals surface area contributed by atoms with Crippen molar-refractivity contribution < 1.29 is 9.53 Å². The van der Waals surface area contributed by atoms with Gasteiger partial charge in [0.25, 0.3) is 0 Å². The Morgan fingerprint density at radius 3 is 3.13 bits per heavy atom. The van der Waals surface area contributed by atoms with Crippen LogP contribution in [0.3, 0.4) is 0 Å². The highest BCUT2D eigenvalue weighted by atomic mass is 32.1. The quantitative estimate of drug-likeness (QED) is 0.815. The van der Waals surface area contributed by atoms with Gasteiger partial charge in [0.05, 0.1) is 24.9 Å². The molecule has 0 radical (unpaired) electrons. The minimum Gasteiger partial charge on any atom is -0.377 e. The Labute approximate surface area is 140 Å². The summed E-state index contributed by atoms with van der Waals surface area (Å²) >= 11 is 1.71. The molecule has 1 amide bonds. The number of carbonyl (C=O) groups is 1. The van der Waals surface area contributed by atoms with Gasteiger partial charge in [0, 0.05) is 36.4 Å². The maximum Gasteiger partial charge on any atom is 0.223 e. The Morgan fingerprint density at radius 1 is 1.39 bits per heavy atom. The van der Waals surface area contributed by atoms with E-state index in [-0.39, 0.29) is 11.9 Å². The van der Waals surface area contributed by atoms with Gasteiger partial charge in [-0.2, -0.15) is 0 Å². The van der Waals surface area contributed by atoms with E-state index in [9.17, 15) is 4.79 Å². The first-order valence-corrected chi connectivity index (χ1v) is 8.85. The molecule has 122 valence electrons. The second-order valence-electron chi connectivity index (χ2n) is 5.63. The van der Waals surface area contributed by atoms with Crippen LogP contribution in [-0.2, 0) is 22.4 Å². The van der Waals surface area contributed by atoms with E-state index in [1.54, 1.807) is 29.9 Å². The normalized spacial score (nSPS) is 18.1. The molecule has 23 heavy (non-hydrogen) atoms. The summed E-state index contributed by atoms with van der Waals surface area (Å²) in [7, 11) is 0. The monoisotopic (exact) mass is 331 g/mol. The number of carbonyl (C=O) groups excluding carboxylic acids is 1. The van der Waals surface area contributed by atoms with Crippen LogP contribution in [0.25, 0.3) is 0 Å². The third kappa shape index (κ3) is 4.59. The van der Waals surface area contributed by atoms with Gasteiger partial charge in [0.15, 0.2) is 0 Å². The van der Waals surface area contributed by atoms with Gasteiger partial charge in [-0.1, -0.05) is 6.07 Å². The molecular weight excluding hydrogens is 310 g/mol. The summed E-state index contributed by atoms with van der Waals surface area (Å²) in [6, 6.07) is 4.26. The third-order valence-electron chi connectivity index (χ3n) is 4.06. The summed E-state index contributed by atoms with van der Waals surface area (Å²) in [5.41, 5.74) is 0.962. The number of morpholine rings is 1. The SMILES string of the molecule is O=C(CCc1cccs1)N1CCOCC1CCc1cnccn1. The molecule has 6 heteroatoms. The molecule has 3 rings (SSSR count). The van der Waals surface area contributed by atoms with E-state index < -0.39 is 0 Å². The topological polar surface area (TPSA) is 55.3 Å². The number of hydrogen-bond donors (Lipinski definition) is 0. The van der Waals surface area contributed by atoms with E-state index in [0.717, 1.165) is 25.0 Å². The van der Waals surface area contributed by atoms with Gasteiger partial charge in [0.2, 0.25) is 5.91 Å². The van der Waals surface area contributed by atoms with Crippen LogP contribution < -0.4 is 0 Å². The molecule has 1 fully saturated rings. The lowest BCUT2D eigenvalue weighted by Gasteiger charge is -2.35. The maximum absolute atomic E-state index is 12.6. The molecule has 0 bridgehead atoms. The highest BCUT2D eigenvalue weighted by Gasteiger charge is 2.26. The van der Waals surface area contributed by atoms with Crippen molar-refractivity contribution in [2.45, 2.75) is 31.7 Å². The van der Waals surface area contributed by atoms with Gasteiger partial charge < -0.3 is 9.64 Å². The number of aryl methyl sites for hydroxylation is 2. The molecule has 3 heterocycles. The molecule has 1 unspecified atom stereocenters. The number of amides is 1. The summed E-state index contributed by atoms with van der Waals surface area (Å²) in [4.78, 5) is 24.2. The first-order chi connectivity index (χ1) is 11.3. The Morgan fingerprint density at radius 2 is 2.35 bits per heavy atom. The molecule has 1 atom stereocenters. The van der Waals surface area contributed by atoms with Crippen molar-refractivity contribution >= 4 is 17.2 Å². The first-order valence-electron chi connectivity index (χ1n) is 7.97. The molecule has 2 aromatic heterocycles. The molecular formula is C17H21N3O2S. The van der Waals surface area contributed by atoms with Gasteiger partial charge in [-0.25, -0.2) is 0 Å². The van der Waals surface area contributed by atoms with Crippen LogP contribution in [0.15, 0.2) is 36.1 Å². The average molecular weight is 331 g/mol. The fourth-order valence-corrected chi connectivity index (χ4v) is 3.53. The third-order valence-corrected chi connectivity index (χ3v) is 5.00. The number of ether oxygens (including phenoxy) is 1. The van der Waals surface area contributed by atoms with Crippen molar-refractivity contribution in [2.24, 2.45) is 0 Å². The van der Waals surface area contributed by atoms with Gasteiger partial charge >= 0.3 is 0 Å². The molecule has 0 aromatic carbocycles. The molecule has 1 aliphatic rings. The van der Waals surface area contributed by atoms with E-state index >= 15 is 0 Å². The van der Waals surface area contributed by atoms with Crippen molar-refractivity contribution in [3.63, 3.8) is 0 Å². The molecule has 0 saturated carbocycles. The molecule has 5 nitrogen and oxygen atoms in total. The second-order valence-corrected chi connectivity index (χ2v) is 6.66. The van der Waals surface area contributed by atoms with E-state index in [1.165, 1.54) is 4.88 Å². The molecule has 1 aliphatic heterocycles. The lowest BCUT2D eigenvalue weighted by molar-refractivity contribution is -0.140. The first kappa shape index (κ1) is 16.1. The Bertz CT molecular complexity index is 604. The molecule has 2 aromatic rings. The predicted molar refractivity (Wildman–Crippen MR) is 89.3 cm³/mol. The van der Waals surface area contributed by atoms with Crippen LogP contribution in [0.5, 0.6) is 0 Å². The fourth-order valence-electron chi connectivity index (χ4n) is 2.82. The Kier molecular flexibility index (Phi) is 5.71. The minimum atomic E-state index is 0.140. The van der Waals surface area contributed by atoms with Gasteiger partial charge in [-0.05, 0) is 30.7 Å². The van der Waals surface area contributed by atoms with Crippen LogP contribution >= 0.6 is 11.3 Å². The van der Waals surface area contributed by atoms with Gasteiger partial charge in [0.1, 0.15) is 0 Å². The van der Waals surface area contributed by atoms with Crippen LogP contribution in [0.1, 0.15) is 23.4 Å². The fraction of sp³-hybridized carbons (Fsp3) is 0.471. The number of thiophene rings is 1. The van der Waals surface area contributed by atoms with Gasteiger partial charge in [-0.3, -0.25) is 14.8 Å². The Balaban J connectivity index is 1.53. The highest BCUT2D eigenvalue weighted by molar-refractivity contribution is 7.09. The molecule has 0 aliphatic carbocycles. The van der Waals surface area contributed by atoms with Crippen LogP contribution in [0.4, 0.5) is 0 Å². The number of hydrogen-bond acceptors (Lipinski definition) is 5. The zero-order chi connectivity index (χ0) is 15.9. The number of nitrogens with zero attached hydrogens (tertiary/aromatic N) is 3. The van der Waals surface area contributed by atoms with Crippen molar-refractivity contribution in [1.82, 2.24) is 14.9 Å². The second kappa shape index (κ2) is 8.17. The van der Waals surface area contributed by atoms with Gasteiger partial charge in [-0.15, -0.1) is 11.3 Å². The van der Waals surface area contributed by atoms with Crippen molar-refractivity contribution in [3.8, 4) is 0 Å². The summed E-state index contributed by atoms with van der Waals surface area (Å²) in [5.74, 6) is 0.228. The van der Waals surface area contributed by atoms with Crippen LogP contribution in [-0.4, -0.2) is 46.6 Å². The smallest absolute Gasteiger partial charge is 0.223 e. The lowest BCUT2D eigenvalue weighted by atomic mass is 10.1. The standard InChI is InChI=1S/C17H21N3O2S/c21-17(6-5-16-2-1-11-23-16)20-9-10-22-13-15(20)4-3-14-12-18-7-8-19-14/h1-2,7-8,11-12,15H,3-6,9-10,13H2. The predicted octanol–water partition coefficient (Wildman–Crippen LogP) is 2.33. The molecule has 0 spiro atoms. The summed E-state index contributed by atoms with van der Waals surface area (Å²) in [5, 5.41) is 2.05. The number of rotatable bonds is 6. The summed E-state index contributed by atoms with van der Waals surface area (Å²) in [6.45, 7) is 1.94. The van der Waals surface area contributed by atoms with Crippen LogP contribution in [0, 0.1) is 0 Å². The molecule has 1 saturated heterocycles. The average Bonchev–Trinajstić information content (AvgIpc) is 3.12. The van der Waals surface area contributed by atoms with E-state index in [1.807, 2.05) is 11.0 Å².